The molecule has 2 aromatic heterocycles. The number of rotatable bonds is 7. The number of nitrogens with zero attached hydrogens (tertiary/aromatic N) is 4. The van der Waals surface area contributed by atoms with Gasteiger partial charge in [-0.25, -0.2) is 15.0 Å². The Bertz CT molecular complexity index is 1500. The molecule has 0 bridgehead atoms. The highest BCUT2D eigenvalue weighted by atomic mass is 19.4. The monoisotopic (exact) mass is 547 g/mol. The first-order valence-electron chi connectivity index (χ1n) is 13.1. The predicted octanol–water partition coefficient (Wildman–Crippen LogP) is 7.15. The minimum absolute atomic E-state index is 0.121. The van der Waals surface area contributed by atoms with Gasteiger partial charge in [-0.2, -0.15) is 13.2 Å². The Kier molecular flexibility index (Phi) is 7.95. The number of hydrogen-bond donors (Lipinski definition) is 1. The van der Waals surface area contributed by atoms with Gasteiger partial charge in [0.1, 0.15) is 11.6 Å². The molecule has 1 N–H and O–H groups in total. The Labute approximate surface area is 230 Å². The van der Waals surface area contributed by atoms with Crippen LogP contribution in [0, 0.1) is 0 Å². The predicted molar refractivity (Wildman–Crippen MR) is 147 cm³/mol. The van der Waals surface area contributed by atoms with Crippen LogP contribution in [0.15, 0.2) is 73.1 Å². The van der Waals surface area contributed by atoms with Gasteiger partial charge in [-0.05, 0) is 73.9 Å². The highest BCUT2D eigenvalue weighted by Crippen LogP contribution is 2.37. The normalized spacial score (nSPS) is 13.7. The lowest BCUT2D eigenvalue weighted by atomic mass is 10.1. The van der Waals surface area contributed by atoms with Gasteiger partial charge in [-0.3, -0.25) is 4.79 Å². The molecule has 4 aromatic rings. The largest absolute Gasteiger partial charge is 0.438 e. The second kappa shape index (κ2) is 11.7. The average molecular weight is 548 g/mol. The number of carbonyl (C=O) groups excluding carboxylic acids is 1. The van der Waals surface area contributed by atoms with E-state index in [1.165, 1.54) is 12.1 Å². The number of halogens is 3. The van der Waals surface area contributed by atoms with Crippen LogP contribution in [0.5, 0.6) is 11.6 Å². The molecule has 5 rings (SSSR count). The topological polar surface area (TPSA) is 80.2 Å². The molecule has 206 valence electrons. The molecule has 1 aliphatic heterocycles. The molecule has 2 aromatic carbocycles. The maximum absolute atomic E-state index is 13.5. The molecule has 0 aliphatic carbocycles. The van der Waals surface area contributed by atoms with Gasteiger partial charge >= 0.3 is 6.18 Å². The van der Waals surface area contributed by atoms with Crippen LogP contribution in [-0.4, -0.2) is 33.9 Å². The lowest BCUT2D eigenvalue weighted by Crippen LogP contribution is -2.30. The molecular weight excluding hydrogens is 519 g/mol. The summed E-state index contributed by atoms with van der Waals surface area (Å²) in [6, 6.07) is 15.3. The minimum atomic E-state index is -4.53. The summed E-state index contributed by atoms with van der Waals surface area (Å²) in [5, 5.41) is 2.71. The number of carbonyl (C=O) groups is 1. The Morgan fingerprint density at radius 3 is 2.58 bits per heavy atom. The SMILES string of the molecule is CCc1nccc(-c2cccnc2Oc2cccc(C(=O)Nc3cc(C(F)(F)F)ccc3N3CCCCC3)c2)n1. The summed E-state index contributed by atoms with van der Waals surface area (Å²) >= 11 is 0. The molecule has 10 heteroatoms. The van der Waals surface area contributed by atoms with Gasteiger partial charge in [0.2, 0.25) is 5.88 Å². The molecule has 1 fully saturated rings. The van der Waals surface area contributed by atoms with Crippen LogP contribution in [0.2, 0.25) is 0 Å². The summed E-state index contributed by atoms with van der Waals surface area (Å²) in [5.41, 5.74) is 1.41. The summed E-state index contributed by atoms with van der Waals surface area (Å²) < 4.78 is 46.6. The highest BCUT2D eigenvalue weighted by Gasteiger charge is 2.32. The van der Waals surface area contributed by atoms with Crippen molar-refractivity contribution in [2.24, 2.45) is 0 Å². The van der Waals surface area contributed by atoms with E-state index < -0.39 is 17.6 Å². The Hall–Kier alpha value is -4.47. The average Bonchev–Trinajstić information content (AvgIpc) is 2.97. The quantitative estimate of drug-likeness (QED) is 0.265. The molecule has 40 heavy (non-hydrogen) atoms. The zero-order valence-corrected chi connectivity index (χ0v) is 21.9. The smallest absolute Gasteiger partial charge is 0.416 e. The Morgan fingerprint density at radius 1 is 0.975 bits per heavy atom. The van der Waals surface area contributed by atoms with Crippen molar-refractivity contribution < 1.29 is 22.7 Å². The van der Waals surface area contributed by atoms with Crippen molar-refractivity contribution in [3.05, 3.63) is 90.0 Å². The van der Waals surface area contributed by atoms with E-state index in [1.807, 2.05) is 17.9 Å². The number of benzene rings is 2. The molecule has 3 heterocycles. The number of alkyl halides is 3. The van der Waals surface area contributed by atoms with E-state index in [0.717, 1.165) is 44.5 Å². The van der Waals surface area contributed by atoms with Crippen LogP contribution in [0.25, 0.3) is 11.3 Å². The molecule has 1 amide bonds. The number of ether oxygens (including phenoxy) is 1. The first-order chi connectivity index (χ1) is 19.3. The van der Waals surface area contributed by atoms with E-state index in [2.05, 4.69) is 20.3 Å². The number of anilines is 2. The fourth-order valence-corrected chi connectivity index (χ4v) is 4.62. The Balaban J connectivity index is 1.41. The maximum atomic E-state index is 13.5. The summed E-state index contributed by atoms with van der Waals surface area (Å²) in [6.07, 6.45) is 2.36. The standard InChI is InChI=1S/C30H28F3N5O2/c1-2-27-34-15-13-24(36-27)23-10-7-14-35-29(23)40-22-9-6-8-20(18-22)28(39)37-25-19-21(30(31,32)33)11-12-26(25)38-16-4-3-5-17-38/h6-15,18-19H,2-5,16-17H2,1H3,(H,37,39). The number of amides is 1. The molecule has 7 nitrogen and oxygen atoms in total. The zero-order chi connectivity index (χ0) is 28.1. The van der Waals surface area contributed by atoms with Gasteiger partial charge in [-0.1, -0.05) is 13.0 Å². The second-order valence-electron chi connectivity index (χ2n) is 9.43. The van der Waals surface area contributed by atoms with Gasteiger partial charge in [0.25, 0.3) is 5.91 Å². The number of piperidine rings is 1. The summed E-state index contributed by atoms with van der Waals surface area (Å²) in [4.78, 5) is 28.4. The number of aryl methyl sites for hydroxylation is 1. The van der Waals surface area contributed by atoms with Crippen molar-refractivity contribution in [1.29, 1.82) is 0 Å². The molecule has 0 unspecified atom stereocenters. The van der Waals surface area contributed by atoms with Crippen molar-refractivity contribution >= 4 is 17.3 Å². The van der Waals surface area contributed by atoms with Gasteiger partial charge in [-0.15, -0.1) is 0 Å². The van der Waals surface area contributed by atoms with Crippen LogP contribution in [0.1, 0.15) is 47.9 Å². The van der Waals surface area contributed by atoms with E-state index in [-0.39, 0.29) is 11.3 Å². The van der Waals surface area contributed by atoms with Crippen LogP contribution in [0.4, 0.5) is 24.5 Å². The first kappa shape index (κ1) is 27.1. The fourth-order valence-electron chi connectivity index (χ4n) is 4.62. The van der Waals surface area contributed by atoms with Crippen molar-refractivity contribution in [3.63, 3.8) is 0 Å². The second-order valence-corrected chi connectivity index (χ2v) is 9.43. The third-order valence-electron chi connectivity index (χ3n) is 6.65. The summed E-state index contributed by atoms with van der Waals surface area (Å²) in [7, 11) is 0. The van der Waals surface area contributed by atoms with E-state index in [4.69, 9.17) is 4.74 Å². The van der Waals surface area contributed by atoms with Gasteiger partial charge in [0.05, 0.1) is 28.2 Å². The third kappa shape index (κ3) is 6.22. The zero-order valence-electron chi connectivity index (χ0n) is 21.9. The van der Waals surface area contributed by atoms with Crippen LogP contribution in [0.3, 0.4) is 0 Å². The maximum Gasteiger partial charge on any atom is 0.416 e. The number of hydrogen-bond acceptors (Lipinski definition) is 6. The van der Waals surface area contributed by atoms with E-state index in [9.17, 15) is 18.0 Å². The Morgan fingerprint density at radius 2 is 1.80 bits per heavy atom. The molecule has 0 spiro atoms. The van der Waals surface area contributed by atoms with Crippen LogP contribution >= 0.6 is 0 Å². The van der Waals surface area contributed by atoms with Gasteiger partial charge in [0.15, 0.2) is 0 Å². The van der Waals surface area contributed by atoms with Crippen molar-refractivity contribution in [2.45, 2.75) is 38.8 Å². The van der Waals surface area contributed by atoms with E-state index in [0.29, 0.717) is 40.8 Å². The molecule has 0 atom stereocenters. The van der Waals surface area contributed by atoms with Gasteiger partial charge < -0.3 is 15.0 Å². The number of aromatic nitrogens is 3. The molecular formula is C30H28F3N5O2. The van der Waals surface area contributed by atoms with Crippen molar-refractivity contribution in [1.82, 2.24) is 15.0 Å². The molecule has 1 saturated heterocycles. The summed E-state index contributed by atoms with van der Waals surface area (Å²) in [6.45, 7) is 3.40. The van der Waals surface area contributed by atoms with Gasteiger partial charge in [0, 0.05) is 37.5 Å². The number of pyridine rings is 1. The van der Waals surface area contributed by atoms with Crippen LogP contribution in [-0.2, 0) is 12.6 Å². The van der Waals surface area contributed by atoms with E-state index in [1.54, 1.807) is 42.7 Å². The lowest BCUT2D eigenvalue weighted by Gasteiger charge is -2.31. The van der Waals surface area contributed by atoms with Crippen molar-refractivity contribution in [3.8, 4) is 22.9 Å². The minimum Gasteiger partial charge on any atom is -0.438 e. The van der Waals surface area contributed by atoms with Crippen molar-refractivity contribution in [2.75, 3.05) is 23.3 Å². The molecule has 0 radical (unpaired) electrons. The highest BCUT2D eigenvalue weighted by molar-refractivity contribution is 6.06. The third-order valence-corrected chi connectivity index (χ3v) is 6.65. The number of nitrogens with one attached hydrogen (secondary N) is 1. The van der Waals surface area contributed by atoms with Crippen LogP contribution < -0.4 is 15.0 Å². The fraction of sp³-hybridized carbons (Fsp3) is 0.267. The lowest BCUT2D eigenvalue weighted by molar-refractivity contribution is -0.137. The van der Waals surface area contributed by atoms with E-state index >= 15 is 0 Å². The summed E-state index contributed by atoms with van der Waals surface area (Å²) in [5.74, 6) is 0.779. The first-order valence-corrected chi connectivity index (χ1v) is 13.1. The molecule has 1 aliphatic rings. The molecule has 0 saturated carbocycles.